The quantitative estimate of drug-likeness (QED) is 0.620. The smallest absolute Gasteiger partial charge is 0.245 e. The number of rotatable bonds is 5. The standard InChI is InChI=1S/C13H16N2O3/c16-7-6-10-12(13(18)14-10)15-11(17)8-9-4-2-1-3-5-9/h1-5,10,12,16H,6-8H2,(H,14,18)(H,15,17). The molecule has 0 spiro atoms. The molecule has 1 aliphatic heterocycles. The molecule has 2 rings (SSSR count). The van der Waals surface area contributed by atoms with Crippen molar-refractivity contribution < 1.29 is 14.7 Å². The maximum Gasteiger partial charge on any atom is 0.245 e. The van der Waals surface area contributed by atoms with Gasteiger partial charge in [0.15, 0.2) is 0 Å². The van der Waals surface area contributed by atoms with Crippen LogP contribution in [0.15, 0.2) is 30.3 Å². The summed E-state index contributed by atoms with van der Waals surface area (Å²) < 4.78 is 0. The number of benzene rings is 1. The Morgan fingerprint density at radius 2 is 2.06 bits per heavy atom. The second-order valence-corrected chi connectivity index (χ2v) is 4.33. The van der Waals surface area contributed by atoms with Crippen molar-refractivity contribution >= 4 is 11.8 Å². The van der Waals surface area contributed by atoms with E-state index in [0.717, 1.165) is 5.56 Å². The second-order valence-electron chi connectivity index (χ2n) is 4.33. The van der Waals surface area contributed by atoms with Crippen molar-refractivity contribution in [3.05, 3.63) is 35.9 Å². The third-order valence-corrected chi connectivity index (χ3v) is 2.98. The summed E-state index contributed by atoms with van der Waals surface area (Å²) in [6.45, 7) is -0.00397. The van der Waals surface area contributed by atoms with Crippen LogP contribution < -0.4 is 10.6 Å². The molecule has 1 heterocycles. The molecule has 1 aliphatic rings. The Labute approximate surface area is 105 Å². The minimum absolute atomic E-state index is 0.00397. The van der Waals surface area contributed by atoms with E-state index >= 15 is 0 Å². The van der Waals surface area contributed by atoms with E-state index < -0.39 is 6.04 Å². The number of carbonyl (C=O) groups excluding carboxylic acids is 2. The summed E-state index contributed by atoms with van der Waals surface area (Å²) in [5.74, 6) is -0.362. The van der Waals surface area contributed by atoms with Gasteiger partial charge in [0.1, 0.15) is 6.04 Å². The number of aliphatic hydroxyl groups is 1. The highest BCUT2D eigenvalue weighted by atomic mass is 16.3. The molecule has 0 aliphatic carbocycles. The van der Waals surface area contributed by atoms with E-state index in [9.17, 15) is 9.59 Å². The van der Waals surface area contributed by atoms with Crippen LogP contribution in [0, 0.1) is 0 Å². The van der Waals surface area contributed by atoms with Gasteiger partial charge in [-0.05, 0) is 12.0 Å². The fourth-order valence-electron chi connectivity index (χ4n) is 1.99. The summed E-state index contributed by atoms with van der Waals surface area (Å²) in [6.07, 6.45) is 0.721. The fourth-order valence-corrected chi connectivity index (χ4v) is 1.99. The Morgan fingerprint density at radius 1 is 1.33 bits per heavy atom. The number of hydrogen-bond donors (Lipinski definition) is 3. The maximum atomic E-state index is 11.8. The highest BCUT2D eigenvalue weighted by Crippen LogP contribution is 2.10. The van der Waals surface area contributed by atoms with Gasteiger partial charge < -0.3 is 15.7 Å². The first-order valence-electron chi connectivity index (χ1n) is 5.95. The van der Waals surface area contributed by atoms with E-state index in [2.05, 4.69) is 10.6 Å². The first-order chi connectivity index (χ1) is 8.70. The van der Waals surface area contributed by atoms with E-state index in [1.165, 1.54) is 0 Å². The van der Waals surface area contributed by atoms with E-state index in [1.54, 1.807) is 0 Å². The van der Waals surface area contributed by atoms with Crippen LogP contribution in [0.4, 0.5) is 0 Å². The molecule has 1 saturated heterocycles. The van der Waals surface area contributed by atoms with Gasteiger partial charge in [0.2, 0.25) is 11.8 Å². The second kappa shape index (κ2) is 5.64. The lowest BCUT2D eigenvalue weighted by atomic mass is 9.96. The Morgan fingerprint density at radius 3 is 2.67 bits per heavy atom. The van der Waals surface area contributed by atoms with Crippen molar-refractivity contribution in [1.82, 2.24) is 10.6 Å². The van der Waals surface area contributed by atoms with Crippen LogP contribution >= 0.6 is 0 Å². The zero-order valence-corrected chi connectivity index (χ0v) is 9.93. The van der Waals surface area contributed by atoms with E-state index in [4.69, 9.17) is 5.11 Å². The Hall–Kier alpha value is -1.88. The van der Waals surface area contributed by atoms with Crippen LogP contribution in [0.25, 0.3) is 0 Å². The minimum Gasteiger partial charge on any atom is -0.396 e. The zero-order valence-electron chi connectivity index (χ0n) is 9.93. The number of nitrogens with one attached hydrogen (secondary N) is 2. The third-order valence-electron chi connectivity index (χ3n) is 2.98. The average Bonchev–Trinajstić information content (AvgIpc) is 2.37. The molecule has 2 atom stereocenters. The van der Waals surface area contributed by atoms with Crippen molar-refractivity contribution in [2.45, 2.75) is 24.9 Å². The lowest BCUT2D eigenvalue weighted by Gasteiger charge is -2.36. The Bertz CT molecular complexity index is 433. The molecule has 0 saturated carbocycles. The predicted octanol–water partition coefficient (Wildman–Crippen LogP) is -0.405. The fraction of sp³-hybridized carbons (Fsp3) is 0.385. The number of carbonyl (C=O) groups is 2. The van der Waals surface area contributed by atoms with Crippen LogP contribution in [-0.4, -0.2) is 35.6 Å². The van der Waals surface area contributed by atoms with Crippen molar-refractivity contribution in [3.8, 4) is 0 Å². The lowest BCUT2D eigenvalue weighted by molar-refractivity contribution is -0.136. The molecule has 3 N–H and O–H groups in total. The molecular weight excluding hydrogens is 232 g/mol. The Balaban J connectivity index is 1.86. The van der Waals surface area contributed by atoms with Crippen LogP contribution in [0.1, 0.15) is 12.0 Å². The van der Waals surface area contributed by atoms with Gasteiger partial charge in [-0.1, -0.05) is 30.3 Å². The third kappa shape index (κ3) is 2.87. The van der Waals surface area contributed by atoms with Crippen molar-refractivity contribution in [3.63, 3.8) is 0 Å². The predicted molar refractivity (Wildman–Crippen MR) is 65.7 cm³/mol. The zero-order chi connectivity index (χ0) is 13.0. The van der Waals surface area contributed by atoms with Crippen LogP contribution in [0.2, 0.25) is 0 Å². The van der Waals surface area contributed by atoms with Crippen LogP contribution in [-0.2, 0) is 16.0 Å². The van der Waals surface area contributed by atoms with E-state index in [-0.39, 0.29) is 30.9 Å². The molecule has 18 heavy (non-hydrogen) atoms. The maximum absolute atomic E-state index is 11.8. The molecular formula is C13H16N2O3. The summed E-state index contributed by atoms with van der Waals surface area (Å²) in [4.78, 5) is 23.1. The molecule has 0 aromatic heterocycles. The van der Waals surface area contributed by atoms with Crippen LogP contribution in [0.5, 0.6) is 0 Å². The van der Waals surface area contributed by atoms with Crippen molar-refractivity contribution in [2.24, 2.45) is 0 Å². The molecule has 0 radical (unpaired) electrons. The monoisotopic (exact) mass is 248 g/mol. The SMILES string of the molecule is O=C(Cc1ccccc1)NC1C(=O)NC1CCO. The highest BCUT2D eigenvalue weighted by molar-refractivity contribution is 5.93. The van der Waals surface area contributed by atoms with Gasteiger partial charge in [0, 0.05) is 6.61 Å². The molecule has 2 amide bonds. The normalized spacial score (nSPS) is 21.9. The van der Waals surface area contributed by atoms with Gasteiger partial charge in [-0.15, -0.1) is 0 Å². The number of aliphatic hydroxyl groups excluding tert-OH is 1. The number of hydrogen-bond acceptors (Lipinski definition) is 3. The van der Waals surface area contributed by atoms with Gasteiger partial charge in [-0.2, -0.15) is 0 Å². The molecule has 1 aromatic rings. The van der Waals surface area contributed by atoms with Gasteiger partial charge in [-0.3, -0.25) is 9.59 Å². The summed E-state index contributed by atoms with van der Waals surface area (Å²) in [6, 6.07) is 8.70. The topological polar surface area (TPSA) is 78.4 Å². The average molecular weight is 248 g/mol. The number of amides is 2. The van der Waals surface area contributed by atoms with Gasteiger partial charge in [0.25, 0.3) is 0 Å². The largest absolute Gasteiger partial charge is 0.396 e. The van der Waals surface area contributed by atoms with Gasteiger partial charge >= 0.3 is 0 Å². The van der Waals surface area contributed by atoms with E-state index in [0.29, 0.717) is 6.42 Å². The molecule has 5 heteroatoms. The van der Waals surface area contributed by atoms with Crippen LogP contribution in [0.3, 0.4) is 0 Å². The van der Waals surface area contributed by atoms with E-state index in [1.807, 2.05) is 30.3 Å². The molecule has 2 unspecified atom stereocenters. The lowest BCUT2D eigenvalue weighted by Crippen LogP contribution is -2.69. The first-order valence-corrected chi connectivity index (χ1v) is 5.95. The molecule has 1 fully saturated rings. The molecule has 1 aromatic carbocycles. The van der Waals surface area contributed by atoms with Crippen molar-refractivity contribution in [1.29, 1.82) is 0 Å². The first kappa shape index (κ1) is 12.6. The summed E-state index contributed by atoms with van der Waals surface area (Å²) in [7, 11) is 0. The molecule has 5 nitrogen and oxygen atoms in total. The molecule has 96 valence electrons. The molecule has 0 bridgehead atoms. The van der Waals surface area contributed by atoms with Crippen molar-refractivity contribution in [2.75, 3.05) is 6.61 Å². The Kier molecular flexibility index (Phi) is 3.94. The summed E-state index contributed by atoms with van der Waals surface area (Å²) >= 11 is 0. The summed E-state index contributed by atoms with van der Waals surface area (Å²) in [5.41, 5.74) is 0.911. The highest BCUT2D eigenvalue weighted by Gasteiger charge is 2.39. The summed E-state index contributed by atoms with van der Waals surface area (Å²) in [5, 5.41) is 14.1. The van der Waals surface area contributed by atoms with Gasteiger partial charge in [0.05, 0.1) is 12.5 Å². The van der Waals surface area contributed by atoms with Gasteiger partial charge in [-0.25, -0.2) is 0 Å². The minimum atomic E-state index is -0.506. The number of β-lactam (4-membered cyclic amide) rings is 1.